The first kappa shape index (κ1) is 16.0. The Bertz CT molecular complexity index is 629. The minimum Gasteiger partial charge on any atom is -0.497 e. The van der Waals surface area contributed by atoms with E-state index in [1.165, 1.54) is 4.90 Å². The fraction of sp³-hybridized carbons (Fsp3) is 0.529. The summed E-state index contributed by atoms with van der Waals surface area (Å²) in [5.41, 5.74) is 1.68. The summed E-state index contributed by atoms with van der Waals surface area (Å²) < 4.78 is 5.22. The zero-order valence-corrected chi connectivity index (χ0v) is 13.1. The standard InChI is InChI=1S/C17H21NO5/c1-23-12-2-3-13-10(7-12)6-11(20)8-14-16(13)15(21)9-18(4-5-19)17(14)22/h2-3,7,11,14,16,19-20H,4-6,8-9H2,1H3. The smallest absolute Gasteiger partial charge is 0.227 e. The van der Waals surface area contributed by atoms with Crippen LogP contribution in [0.25, 0.3) is 0 Å². The number of likely N-dealkylation sites (tertiary alicyclic amines) is 1. The van der Waals surface area contributed by atoms with Crippen molar-refractivity contribution in [2.75, 3.05) is 26.8 Å². The highest BCUT2D eigenvalue weighted by atomic mass is 16.5. The minimum absolute atomic E-state index is 0.0160. The Morgan fingerprint density at radius 2 is 2.13 bits per heavy atom. The lowest BCUT2D eigenvalue weighted by molar-refractivity contribution is -0.148. The fourth-order valence-electron chi connectivity index (χ4n) is 3.72. The molecule has 0 spiro atoms. The lowest BCUT2D eigenvalue weighted by Gasteiger charge is -2.36. The van der Waals surface area contributed by atoms with Gasteiger partial charge in [-0.1, -0.05) is 6.07 Å². The maximum Gasteiger partial charge on any atom is 0.227 e. The second kappa shape index (κ2) is 6.29. The van der Waals surface area contributed by atoms with Crippen molar-refractivity contribution in [1.29, 1.82) is 0 Å². The lowest BCUT2D eigenvalue weighted by Crippen LogP contribution is -2.51. The Hall–Kier alpha value is -1.92. The fourth-order valence-corrected chi connectivity index (χ4v) is 3.72. The van der Waals surface area contributed by atoms with Crippen LogP contribution in [0.4, 0.5) is 0 Å². The maximum absolute atomic E-state index is 12.7. The number of carbonyl (C=O) groups is 2. The molecule has 1 amide bonds. The summed E-state index contributed by atoms with van der Waals surface area (Å²) in [5.74, 6) is -0.608. The summed E-state index contributed by atoms with van der Waals surface area (Å²) in [5, 5.41) is 19.4. The lowest BCUT2D eigenvalue weighted by atomic mass is 9.77. The molecule has 1 aliphatic heterocycles. The van der Waals surface area contributed by atoms with Crippen LogP contribution < -0.4 is 4.74 Å². The van der Waals surface area contributed by atoms with Gasteiger partial charge in [0, 0.05) is 6.54 Å². The summed E-state index contributed by atoms with van der Waals surface area (Å²) in [7, 11) is 1.57. The molecule has 1 saturated heterocycles. The van der Waals surface area contributed by atoms with E-state index in [2.05, 4.69) is 0 Å². The zero-order chi connectivity index (χ0) is 16.6. The molecule has 1 aliphatic carbocycles. The van der Waals surface area contributed by atoms with Crippen LogP contribution in [-0.2, 0) is 16.0 Å². The molecule has 0 radical (unpaired) electrons. The summed E-state index contributed by atoms with van der Waals surface area (Å²) in [6.07, 6.45) is -0.0180. The van der Waals surface area contributed by atoms with Gasteiger partial charge in [0.2, 0.25) is 5.91 Å². The van der Waals surface area contributed by atoms with Crippen molar-refractivity contribution in [3.63, 3.8) is 0 Å². The van der Waals surface area contributed by atoms with E-state index < -0.39 is 17.9 Å². The van der Waals surface area contributed by atoms with Crippen molar-refractivity contribution in [1.82, 2.24) is 4.90 Å². The number of fused-ring (bicyclic) bond motifs is 3. The zero-order valence-electron chi connectivity index (χ0n) is 13.1. The van der Waals surface area contributed by atoms with Crippen molar-refractivity contribution >= 4 is 11.7 Å². The number of amides is 1. The molecule has 3 unspecified atom stereocenters. The molecule has 0 bridgehead atoms. The molecule has 0 saturated carbocycles. The van der Waals surface area contributed by atoms with Gasteiger partial charge >= 0.3 is 0 Å². The van der Waals surface area contributed by atoms with E-state index in [0.29, 0.717) is 12.2 Å². The molecule has 2 aliphatic rings. The molecule has 1 aromatic carbocycles. The van der Waals surface area contributed by atoms with E-state index in [9.17, 15) is 14.7 Å². The number of Topliss-reactive ketones (excluding diaryl/α,β-unsaturated/α-hetero) is 1. The Kier molecular flexibility index (Phi) is 4.37. The second-order valence-electron chi connectivity index (χ2n) is 6.19. The topological polar surface area (TPSA) is 87.1 Å². The van der Waals surface area contributed by atoms with Gasteiger partial charge in [-0.05, 0) is 36.1 Å². The van der Waals surface area contributed by atoms with E-state index >= 15 is 0 Å². The molecule has 1 heterocycles. The third kappa shape index (κ3) is 2.84. The number of hydrogen-bond acceptors (Lipinski definition) is 5. The summed E-state index contributed by atoms with van der Waals surface area (Å²) in [4.78, 5) is 26.7. The van der Waals surface area contributed by atoms with Gasteiger partial charge in [-0.15, -0.1) is 0 Å². The van der Waals surface area contributed by atoms with Gasteiger partial charge in [-0.3, -0.25) is 9.59 Å². The SMILES string of the molecule is COc1ccc2c(c1)CC(O)CC1C(=O)N(CCO)CC(=O)C21. The predicted molar refractivity (Wildman–Crippen MR) is 82.2 cm³/mol. The van der Waals surface area contributed by atoms with E-state index in [1.54, 1.807) is 13.2 Å². The molecule has 2 N–H and O–H groups in total. The average Bonchev–Trinajstić information content (AvgIpc) is 2.67. The molecule has 0 aromatic heterocycles. The van der Waals surface area contributed by atoms with Crippen LogP contribution in [0.2, 0.25) is 0 Å². The summed E-state index contributed by atoms with van der Waals surface area (Å²) in [6.45, 7) is -0.00573. The van der Waals surface area contributed by atoms with E-state index in [1.807, 2.05) is 12.1 Å². The van der Waals surface area contributed by atoms with Gasteiger partial charge in [0.25, 0.3) is 0 Å². The van der Waals surface area contributed by atoms with Gasteiger partial charge in [-0.25, -0.2) is 0 Å². The number of nitrogens with zero attached hydrogens (tertiary/aromatic N) is 1. The van der Waals surface area contributed by atoms with E-state index in [4.69, 9.17) is 9.84 Å². The number of aliphatic hydroxyl groups excluding tert-OH is 2. The number of carbonyl (C=O) groups excluding carboxylic acids is 2. The third-order valence-corrected chi connectivity index (χ3v) is 4.76. The highest BCUT2D eigenvalue weighted by Gasteiger charge is 2.45. The minimum atomic E-state index is -0.679. The number of ether oxygens (including phenoxy) is 1. The van der Waals surface area contributed by atoms with Gasteiger partial charge in [0.1, 0.15) is 5.75 Å². The first-order chi connectivity index (χ1) is 11.0. The molecule has 3 atom stereocenters. The number of hydrogen-bond donors (Lipinski definition) is 2. The van der Waals surface area contributed by atoms with Crippen LogP contribution in [0.5, 0.6) is 5.75 Å². The summed E-state index contributed by atoms with van der Waals surface area (Å²) >= 11 is 0. The highest BCUT2D eigenvalue weighted by Crippen LogP contribution is 2.40. The van der Waals surface area contributed by atoms with Crippen molar-refractivity contribution < 1.29 is 24.5 Å². The normalized spacial score (nSPS) is 27.3. The number of methoxy groups -OCH3 is 1. The van der Waals surface area contributed by atoms with Gasteiger partial charge < -0.3 is 19.8 Å². The molecular weight excluding hydrogens is 298 g/mol. The Morgan fingerprint density at radius 3 is 2.83 bits per heavy atom. The number of aliphatic hydroxyl groups is 2. The van der Waals surface area contributed by atoms with Crippen LogP contribution in [0.3, 0.4) is 0 Å². The molecule has 1 fully saturated rings. The highest BCUT2D eigenvalue weighted by molar-refractivity contribution is 5.99. The van der Waals surface area contributed by atoms with Crippen molar-refractivity contribution in [2.24, 2.45) is 5.92 Å². The quantitative estimate of drug-likeness (QED) is 0.825. The number of piperidine rings is 1. The summed E-state index contributed by atoms with van der Waals surface area (Å²) in [6, 6.07) is 5.45. The van der Waals surface area contributed by atoms with Crippen LogP contribution in [0.1, 0.15) is 23.5 Å². The van der Waals surface area contributed by atoms with Gasteiger partial charge in [-0.2, -0.15) is 0 Å². The largest absolute Gasteiger partial charge is 0.497 e. The van der Waals surface area contributed by atoms with Crippen LogP contribution >= 0.6 is 0 Å². The van der Waals surface area contributed by atoms with Crippen LogP contribution in [0, 0.1) is 5.92 Å². The first-order valence-corrected chi connectivity index (χ1v) is 7.82. The molecule has 3 rings (SSSR count). The molecule has 6 heteroatoms. The third-order valence-electron chi connectivity index (χ3n) is 4.76. The Morgan fingerprint density at radius 1 is 1.35 bits per heavy atom. The van der Waals surface area contributed by atoms with Crippen molar-refractivity contribution in [2.45, 2.75) is 24.9 Å². The van der Waals surface area contributed by atoms with Crippen LogP contribution in [-0.4, -0.2) is 59.7 Å². The van der Waals surface area contributed by atoms with E-state index in [-0.39, 0.29) is 37.8 Å². The number of benzene rings is 1. The number of β-amino-alcohol motifs (C(OH)–C–C–N with tert-alkyl or cyclic N) is 1. The number of rotatable bonds is 3. The maximum atomic E-state index is 12.7. The van der Waals surface area contributed by atoms with Gasteiger partial charge in [0.15, 0.2) is 5.78 Å². The molecule has 1 aromatic rings. The second-order valence-corrected chi connectivity index (χ2v) is 6.19. The number of ketones is 1. The van der Waals surface area contributed by atoms with E-state index in [0.717, 1.165) is 11.1 Å². The molecule has 124 valence electrons. The average molecular weight is 319 g/mol. The molecular formula is C17H21NO5. The van der Waals surface area contributed by atoms with Crippen LogP contribution in [0.15, 0.2) is 18.2 Å². The monoisotopic (exact) mass is 319 g/mol. The van der Waals surface area contributed by atoms with Crippen molar-refractivity contribution in [3.05, 3.63) is 29.3 Å². The predicted octanol–water partition coefficient (Wildman–Crippen LogP) is 0.106. The van der Waals surface area contributed by atoms with Crippen molar-refractivity contribution in [3.8, 4) is 5.75 Å². The first-order valence-electron chi connectivity index (χ1n) is 7.82. The Labute approximate surface area is 134 Å². The van der Waals surface area contributed by atoms with Gasteiger partial charge in [0.05, 0.1) is 38.2 Å². The Balaban J connectivity index is 2.03. The molecule has 6 nitrogen and oxygen atoms in total. The molecule has 23 heavy (non-hydrogen) atoms.